The molecule has 4 heterocycles. The van der Waals surface area contributed by atoms with E-state index in [1.165, 1.54) is 9.42 Å². The predicted octanol–water partition coefficient (Wildman–Crippen LogP) is 3.13. The molecule has 0 bridgehead atoms. The van der Waals surface area contributed by atoms with Gasteiger partial charge in [0.2, 0.25) is 0 Å². The number of aromatic nitrogens is 6. The molecule has 0 atom stereocenters. The third kappa shape index (κ3) is 4.03. The second-order valence-electron chi connectivity index (χ2n) is 8.73. The zero-order chi connectivity index (χ0) is 26.4. The molecule has 1 amide bonds. The van der Waals surface area contributed by atoms with E-state index in [-0.39, 0.29) is 22.6 Å². The largest absolute Gasteiger partial charge is 0.381 e. The molecule has 188 valence electrons. The van der Waals surface area contributed by atoms with Crippen LogP contribution >= 0.6 is 0 Å². The average Bonchev–Trinajstić information content (AvgIpc) is 3.30. The van der Waals surface area contributed by atoms with Crippen LogP contribution in [0.25, 0.3) is 27.7 Å². The maximum atomic E-state index is 13.6. The molecule has 1 aromatic carbocycles. The van der Waals surface area contributed by atoms with Gasteiger partial charge in [0.1, 0.15) is 11.3 Å². The molecule has 0 saturated heterocycles. The number of nitrogens with one attached hydrogen (secondary N) is 1. The zero-order valence-corrected chi connectivity index (χ0v) is 21.1. The van der Waals surface area contributed by atoms with Crippen LogP contribution in [-0.4, -0.2) is 35.2 Å². The summed E-state index contributed by atoms with van der Waals surface area (Å²) in [4.78, 5) is 43.8. The van der Waals surface area contributed by atoms with Gasteiger partial charge in [0.05, 0.1) is 22.3 Å². The van der Waals surface area contributed by atoms with Gasteiger partial charge in [-0.3, -0.25) is 19.1 Å². The van der Waals surface area contributed by atoms with Crippen LogP contribution in [0.5, 0.6) is 0 Å². The molecule has 0 unspecified atom stereocenters. The van der Waals surface area contributed by atoms with Crippen molar-refractivity contribution in [3.8, 4) is 16.8 Å². The van der Waals surface area contributed by atoms with Gasteiger partial charge in [-0.25, -0.2) is 9.67 Å². The number of nitrogens with zero attached hydrogens (tertiary/aromatic N) is 6. The first kappa shape index (κ1) is 23.9. The highest BCUT2D eigenvalue weighted by Gasteiger charge is 2.23. The van der Waals surface area contributed by atoms with Crippen LogP contribution in [0.15, 0.2) is 56.6 Å². The fourth-order valence-corrected chi connectivity index (χ4v) is 4.47. The molecular weight excluding hydrogens is 474 g/mol. The molecular formula is C26H25N7O4. The van der Waals surface area contributed by atoms with Crippen molar-refractivity contribution in [2.45, 2.75) is 34.2 Å². The highest BCUT2D eigenvalue weighted by molar-refractivity contribution is 6.10. The number of benzene rings is 1. The molecule has 11 heteroatoms. The van der Waals surface area contributed by atoms with E-state index in [0.717, 1.165) is 5.69 Å². The van der Waals surface area contributed by atoms with Gasteiger partial charge in [0.25, 0.3) is 17.0 Å². The topological polar surface area (TPSA) is 130 Å². The zero-order valence-electron chi connectivity index (χ0n) is 21.1. The van der Waals surface area contributed by atoms with Gasteiger partial charge in [0.15, 0.2) is 11.5 Å². The Morgan fingerprint density at radius 2 is 1.70 bits per heavy atom. The summed E-state index contributed by atoms with van der Waals surface area (Å²) in [6, 6.07) is 12.1. The van der Waals surface area contributed by atoms with Gasteiger partial charge in [-0.1, -0.05) is 12.1 Å². The molecule has 0 aliphatic carbocycles. The molecule has 5 aromatic rings. The van der Waals surface area contributed by atoms with E-state index in [2.05, 4.69) is 20.5 Å². The Kier molecular flexibility index (Phi) is 5.82. The molecule has 0 aliphatic rings. The quantitative estimate of drug-likeness (QED) is 0.393. The lowest BCUT2D eigenvalue weighted by Crippen LogP contribution is -2.21. The standard InChI is InChI=1S/C26H25N7O4/c1-6-32-23-19(13-15(3)27-22(23)24(34)28-20-12-7-14(2)29-30-20)25(35)33(32)18-10-8-17(9-11-18)21-16(4)37-31(5)26(21)36/h7-13H,6H2,1-5H3,(H,28,30,34). The van der Waals surface area contributed by atoms with E-state index in [1.54, 1.807) is 75.0 Å². The Labute approximate surface area is 210 Å². The highest BCUT2D eigenvalue weighted by Crippen LogP contribution is 2.24. The van der Waals surface area contributed by atoms with Crippen LogP contribution in [0.2, 0.25) is 0 Å². The summed E-state index contributed by atoms with van der Waals surface area (Å²) in [5.41, 5.74) is 3.00. The van der Waals surface area contributed by atoms with Crippen LogP contribution in [-0.2, 0) is 13.6 Å². The number of carbonyl (C=O) groups is 1. The fourth-order valence-electron chi connectivity index (χ4n) is 4.47. The molecule has 0 aliphatic heterocycles. The van der Waals surface area contributed by atoms with E-state index in [9.17, 15) is 14.4 Å². The Balaban J connectivity index is 1.63. The Morgan fingerprint density at radius 3 is 2.30 bits per heavy atom. The van der Waals surface area contributed by atoms with Crippen LogP contribution in [0.3, 0.4) is 0 Å². The first-order valence-electron chi connectivity index (χ1n) is 11.7. The number of aryl methyl sites for hydroxylation is 5. The van der Waals surface area contributed by atoms with Crippen molar-refractivity contribution >= 4 is 22.6 Å². The first-order chi connectivity index (χ1) is 17.7. The van der Waals surface area contributed by atoms with E-state index in [1.807, 2.05) is 6.92 Å². The summed E-state index contributed by atoms with van der Waals surface area (Å²) in [5.74, 6) is 0.302. The number of hydrogen-bond donors (Lipinski definition) is 1. The predicted molar refractivity (Wildman–Crippen MR) is 138 cm³/mol. The van der Waals surface area contributed by atoms with Crippen LogP contribution < -0.4 is 16.4 Å². The SMILES string of the molecule is CCn1c2c(C(=O)Nc3ccc(C)nn3)nc(C)cc2c(=O)n1-c1ccc(-c2c(C)on(C)c2=O)cc1. The molecule has 37 heavy (non-hydrogen) atoms. The summed E-state index contributed by atoms with van der Waals surface area (Å²) in [6.45, 7) is 7.55. The van der Waals surface area contributed by atoms with Crippen LogP contribution in [0.1, 0.15) is 34.6 Å². The maximum absolute atomic E-state index is 13.6. The van der Waals surface area contributed by atoms with E-state index in [0.29, 0.717) is 45.7 Å². The monoisotopic (exact) mass is 499 g/mol. The minimum Gasteiger partial charge on any atom is -0.381 e. The molecule has 0 fully saturated rings. The van der Waals surface area contributed by atoms with E-state index >= 15 is 0 Å². The van der Waals surface area contributed by atoms with Gasteiger partial charge in [0, 0.05) is 19.3 Å². The second-order valence-corrected chi connectivity index (χ2v) is 8.73. The number of rotatable bonds is 5. The summed E-state index contributed by atoms with van der Waals surface area (Å²) < 4.78 is 9.81. The lowest BCUT2D eigenvalue weighted by Gasteiger charge is -2.13. The van der Waals surface area contributed by atoms with Crippen LogP contribution in [0, 0.1) is 20.8 Å². The van der Waals surface area contributed by atoms with Crippen molar-refractivity contribution in [1.29, 1.82) is 0 Å². The number of anilines is 1. The average molecular weight is 500 g/mol. The third-order valence-corrected chi connectivity index (χ3v) is 6.12. The highest BCUT2D eigenvalue weighted by atomic mass is 16.5. The maximum Gasteiger partial charge on any atom is 0.290 e. The third-order valence-electron chi connectivity index (χ3n) is 6.12. The van der Waals surface area contributed by atoms with Gasteiger partial charge >= 0.3 is 0 Å². The molecule has 0 saturated carbocycles. The van der Waals surface area contributed by atoms with Gasteiger partial charge < -0.3 is 9.84 Å². The summed E-state index contributed by atoms with van der Waals surface area (Å²) in [7, 11) is 1.56. The van der Waals surface area contributed by atoms with Crippen molar-refractivity contribution in [3.05, 3.63) is 86.0 Å². The number of carbonyl (C=O) groups excluding carboxylic acids is 1. The van der Waals surface area contributed by atoms with Gasteiger partial charge in [-0.2, -0.15) is 9.84 Å². The summed E-state index contributed by atoms with van der Waals surface area (Å²) in [5, 5.41) is 11.1. The Morgan fingerprint density at radius 1 is 0.973 bits per heavy atom. The molecule has 11 nitrogen and oxygen atoms in total. The summed E-state index contributed by atoms with van der Waals surface area (Å²) >= 11 is 0. The minimum absolute atomic E-state index is 0.115. The van der Waals surface area contributed by atoms with Gasteiger partial charge in [-0.15, -0.1) is 5.10 Å². The molecule has 0 radical (unpaired) electrons. The van der Waals surface area contributed by atoms with Crippen molar-refractivity contribution in [1.82, 2.24) is 29.3 Å². The smallest absolute Gasteiger partial charge is 0.290 e. The van der Waals surface area contributed by atoms with Crippen LogP contribution in [0.4, 0.5) is 5.82 Å². The van der Waals surface area contributed by atoms with E-state index < -0.39 is 5.91 Å². The first-order valence-corrected chi connectivity index (χ1v) is 11.7. The number of amides is 1. The lowest BCUT2D eigenvalue weighted by atomic mass is 10.1. The fraction of sp³-hybridized carbons (Fsp3) is 0.231. The summed E-state index contributed by atoms with van der Waals surface area (Å²) in [6.07, 6.45) is 0. The normalized spacial score (nSPS) is 11.3. The Hall–Kier alpha value is -4.80. The number of pyridine rings is 1. The number of hydrogen-bond acceptors (Lipinski definition) is 7. The minimum atomic E-state index is -0.493. The lowest BCUT2D eigenvalue weighted by molar-refractivity contribution is 0.102. The number of fused-ring (bicyclic) bond motifs is 1. The Bertz CT molecular complexity index is 1770. The van der Waals surface area contributed by atoms with Crippen molar-refractivity contribution < 1.29 is 9.32 Å². The second kappa shape index (κ2) is 9.01. The van der Waals surface area contributed by atoms with Crippen molar-refractivity contribution in [2.24, 2.45) is 7.05 Å². The van der Waals surface area contributed by atoms with E-state index in [4.69, 9.17) is 4.52 Å². The van der Waals surface area contributed by atoms with Crippen molar-refractivity contribution in [3.63, 3.8) is 0 Å². The molecule has 0 spiro atoms. The van der Waals surface area contributed by atoms with Crippen molar-refractivity contribution in [2.75, 3.05) is 5.32 Å². The molecule has 4 aromatic heterocycles. The van der Waals surface area contributed by atoms with Gasteiger partial charge in [-0.05, 0) is 63.6 Å². The molecule has 5 rings (SSSR count). The molecule has 1 N–H and O–H groups in total.